The van der Waals surface area contributed by atoms with Crippen molar-refractivity contribution in [3.63, 3.8) is 0 Å². The quantitative estimate of drug-likeness (QED) is 0.634. The van der Waals surface area contributed by atoms with Gasteiger partial charge in [0.1, 0.15) is 5.82 Å². The number of Topliss-reactive ketones (excluding diaryl/α,β-unsaturated/α-hetero) is 1. The van der Waals surface area contributed by atoms with Crippen LogP contribution in [0.1, 0.15) is 15.9 Å². The topological polar surface area (TPSA) is 30.0 Å². The van der Waals surface area contributed by atoms with Crippen LogP contribution in [0.25, 0.3) is 0 Å². The van der Waals surface area contributed by atoms with Gasteiger partial charge in [-0.25, -0.2) is 4.39 Å². The number of carbonyl (C=O) groups is 1. The molecule has 0 saturated heterocycles. The van der Waals surface area contributed by atoms with Gasteiger partial charge in [0.05, 0.1) is 6.20 Å². The maximum absolute atomic E-state index is 12.9. The monoisotopic (exact) mass is 341 g/mol. The second kappa shape index (κ2) is 5.35. The second-order valence-corrected chi connectivity index (χ2v) is 4.86. The van der Waals surface area contributed by atoms with E-state index in [9.17, 15) is 9.18 Å². The van der Waals surface area contributed by atoms with Crippen LogP contribution in [0.15, 0.2) is 42.7 Å². The van der Waals surface area contributed by atoms with Crippen LogP contribution in [-0.2, 0) is 6.42 Å². The molecular formula is C13H9FINO. The number of halogens is 2. The number of pyridine rings is 1. The SMILES string of the molecule is O=C(Cc1ccc(I)cc1)c1cncc(F)c1. The van der Waals surface area contributed by atoms with Gasteiger partial charge in [-0.2, -0.15) is 0 Å². The van der Waals surface area contributed by atoms with Crippen molar-refractivity contribution in [2.24, 2.45) is 0 Å². The van der Waals surface area contributed by atoms with Crippen LogP contribution in [0, 0.1) is 9.39 Å². The normalized spacial score (nSPS) is 10.2. The summed E-state index contributed by atoms with van der Waals surface area (Å²) in [7, 11) is 0. The highest BCUT2D eigenvalue weighted by Gasteiger charge is 2.08. The van der Waals surface area contributed by atoms with Gasteiger partial charge in [0, 0.05) is 21.8 Å². The average molecular weight is 341 g/mol. The van der Waals surface area contributed by atoms with E-state index in [1.807, 2.05) is 24.3 Å². The Morgan fingerprint density at radius 1 is 1.24 bits per heavy atom. The minimum atomic E-state index is -0.488. The van der Waals surface area contributed by atoms with Gasteiger partial charge in [-0.1, -0.05) is 12.1 Å². The first-order valence-corrected chi connectivity index (χ1v) is 6.11. The minimum Gasteiger partial charge on any atom is -0.294 e. The highest BCUT2D eigenvalue weighted by molar-refractivity contribution is 14.1. The zero-order valence-corrected chi connectivity index (χ0v) is 11.0. The lowest BCUT2D eigenvalue weighted by Crippen LogP contribution is -2.04. The molecule has 0 radical (unpaired) electrons. The molecule has 2 aromatic rings. The Labute approximate surface area is 112 Å². The molecule has 17 heavy (non-hydrogen) atoms. The van der Waals surface area contributed by atoms with Crippen molar-refractivity contribution in [3.05, 3.63) is 63.2 Å². The third-order valence-electron chi connectivity index (χ3n) is 2.30. The zero-order valence-electron chi connectivity index (χ0n) is 8.86. The van der Waals surface area contributed by atoms with Crippen LogP contribution in [0.2, 0.25) is 0 Å². The molecule has 86 valence electrons. The molecule has 0 saturated carbocycles. The molecule has 0 N–H and O–H groups in total. The number of aromatic nitrogens is 1. The maximum atomic E-state index is 12.9. The van der Waals surface area contributed by atoms with Crippen molar-refractivity contribution in [2.75, 3.05) is 0 Å². The molecule has 1 heterocycles. The maximum Gasteiger partial charge on any atom is 0.168 e. The molecule has 0 aliphatic carbocycles. The van der Waals surface area contributed by atoms with Gasteiger partial charge < -0.3 is 0 Å². The number of benzene rings is 1. The fourth-order valence-electron chi connectivity index (χ4n) is 1.45. The van der Waals surface area contributed by atoms with Gasteiger partial charge >= 0.3 is 0 Å². The summed E-state index contributed by atoms with van der Waals surface area (Å²) in [4.78, 5) is 15.5. The first-order valence-electron chi connectivity index (χ1n) is 5.03. The lowest BCUT2D eigenvalue weighted by molar-refractivity contribution is 0.0992. The summed E-state index contributed by atoms with van der Waals surface area (Å²) in [6.45, 7) is 0. The van der Waals surface area contributed by atoms with Gasteiger partial charge in [0.2, 0.25) is 0 Å². The largest absolute Gasteiger partial charge is 0.294 e. The van der Waals surface area contributed by atoms with E-state index < -0.39 is 5.82 Å². The van der Waals surface area contributed by atoms with E-state index in [1.165, 1.54) is 12.3 Å². The van der Waals surface area contributed by atoms with Gasteiger partial charge in [-0.3, -0.25) is 9.78 Å². The van der Waals surface area contributed by atoms with Crippen molar-refractivity contribution >= 4 is 28.4 Å². The van der Waals surface area contributed by atoms with E-state index in [4.69, 9.17) is 0 Å². The van der Waals surface area contributed by atoms with E-state index in [1.54, 1.807) is 0 Å². The molecule has 0 aliphatic heterocycles. The number of nitrogens with zero attached hydrogens (tertiary/aromatic N) is 1. The first-order chi connectivity index (χ1) is 8.15. The molecule has 0 amide bonds. The predicted octanol–water partition coefficient (Wildman–Crippen LogP) is 3.25. The standard InChI is InChI=1S/C13H9FINO/c14-11-6-10(7-16-8-11)13(17)5-9-1-3-12(15)4-2-9/h1-4,6-8H,5H2. The van der Waals surface area contributed by atoms with Gasteiger partial charge in [0.25, 0.3) is 0 Å². The molecule has 0 spiro atoms. The van der Waals surface area contributed by atoms with Crippen LogP contribution in [0.4, 0.5) is 4.39 Å². The summed E-state index contributed by atoms with van der Waals surface area (Å²) in [5.74, 6) is -0.614. The van der Waals surface area contributed by atoms with Crippen LogP contribution in [-0.4, -0.2) is 10.8 Å². The van der Waals surface area contributed by atoms with Crippen molar-refractivity contribution in [2.45, 2.75) is 6.42 Å². The molecule has 1 aromatic carbocycles. The Kier molecular flexibility index (Phi) is 3.83. The highest BCUT2D eigenvalue weighted by Crippen LogP contribution is 2.10. The Hall–Kier alpha value is -1.30. The summed E-state index contributed by atoms with van der Waals surface area (Å²) >= 11 is 2.20. The fraction of sp³-hybridized carbons (Fsp3) is 0.0769. The van der Waals surface area contributed by atoms with E-state index in [-0.39, 0.29) is 12.2 Å². The minimum absolute atomic E-state index is 0.127. The molecule has 2 rings (SSSR count). The van der Waals surface area contributed by atoms with Gasteiger partial charge in [-0.15, -0.1) is 0 Å². The van der Waals surface area contributed by atoms with E-state index in [0.717, 1.165) is 15.3 Å². The third-order valence-corrected chi connectivity index (χ3v) is 3.02. The summed E-state index contributed by atoms with van der Waals surface area (Å²) < 4.78 is 14.0. The number of rotatable bonds is 3. The molecule has 1 aromatic heterocycles. The first kappa shape index (κ1) is 12.2. The average Bonchev–Trinajstić information content (AvgIpc) is 2.32. The number of hydrogen-bond donors (Lipinski definition) is 0. The van der Waals surface area contributed by atoms with Gasteiger partial charge in [0.15, 0.2) is 5.78 Å². The smallest absolute Gasteiger partial charge is 0.168 e. The molecule has 0 atom stereocenters. The molecule has 0 bridgehead atoms. The molecule has 0 aliphatic rings. The van der Waals surface area contributed by atoms with E-state index in [0.29, 0.717) is 5.56 Å². The summed E-state index contributed by atoms with van der Waals surface area (Å²) in [5, 5.41) is 0. The van der Waals surface area contributed by atoms with Crippen LogP contribution < -0.4 is 0 Å². The summed E-state index contributed by atoms with van der Waals surface area (Å²) in [5.41, 5.74) is 1.23. The second-order valence-electron chi connectivity index (χ2n) is 3.62. The van der Waals surface area contributed by atoms with Crippen LogP contribution in [0.5, 0.6) is 0 Å². The molecule has 0 unspecified atom stereocenters. The van der Waals surface area contributed by atoms with Crippen LogP contribution >= 0.6 is 22.6 Å². The summed E-state index contributed by atoms with van der Waals surface area (Å²) in [6, 6.07) is 8.88. The lowest BCUT2D eigenvalue weighted by atomic mass is 10.0. The third kappa shape index (κ3) is 3.33. The molecule has 0 fully saturated rings. The Balaban J connectivity index is 2.14. The molecule has 2 nitrogen and oxygen atoms in total. The van der Waals surface area contributed by atoms with Crippen molar-refractivity contribution in [1.82, 2.24) is 4.98 Å². The number of hydrogen-bond acceptors (Lipinski definition) is 2. The zero-order chi connectivity index (χ0) is 12.3. The fourth-order valence-corrected chi connectivity index (χ4v) is 1.81. The van der Waals surface area contributed by atoms with Crippen molar-refractivity contribution in [3.8, 4) is 0 Å². The molecule has 4 heteroatoms. The van der Waals surface area contributed by atoms with E-state index in [2.05, 4.69) is 27.6 Å². The number of carbonyl (C=O) groups excluding carboxylic acids is 1. The molecular weight excluding hydrogens is 332 g/mol. The summed E-state index contributed by atoms with van der Waals surface area (Å²) in [6.07, 6.45) is 2.74. The highest BCUT2D eigenvalue weighted by atomic mass is 127. The number of ketones is 1. The predicted molar refractivity (Wildman–Crippen MR) is 71.4 cm³/mol. The van der Waals surface area contributed by atoms with Gasteiger partial charge in [-0.05, 0) is 46.4 Å². The Bertz CT molecular complexity index is 539. The lowest BCUT2D eigenvalue weighted by Gasteiger charge is -2.01. The Morgan fingerprint density at radius 2 is 1.94 bits per heavy atom. The van der Waals surface area contributed by atoms with E-state index >= 15 is 0 Å². The van der Waals surface area contributed by atoms with Crippen molar-refractivity contribution < 1.29 is 9.18 Å². The Morgan fingerprint density at radius 3 is 2.59 bits per heavy atom. The van der Waals surface area contributed by atoms with Crippen molar-refractivity contribution in [1.29, 1.82) is 0 Å². The van der Waals surface area contributed by atoms with Crippen LogP contribution in [0.3, 0.4) is 0 Å².